The first-order chi connectivity index (χ1) is 8.00. The second-order valence-corrected chi connectivity index (χ2v) is 4.34. The number of ether oxygens (including phenoxy) is 1. The fourth-order valence-corrected chi connectivity index (χ4v) is 1.74. The van der Waals surface area contributed by atoms with E-state index in [2.05, 4.69) is 15.9 Å². The van der Waals surface area contributed by atoms with Gasteiger partial charge in [-0.05, 0) is 34.5 Å². The lowest BCUT2D eigenvalue weighted by atomic mass is 10.1. The van der Waals surface area contributed by atoms with Crippen LogP contribution in [0.25, 0.3) is 6.08 Å². The summed E-state index contributed by atoms with van der Waals surface area (Å²) in [6, 6.07) is 5.59. The molecule has 0 aliphatic heterocycles. The van der Waals surface area contributed by atoms with Crippen molar-refractivity contribution in [2.75, 3.05) is 0 Å². The van der Waals surface area contributed by atoms with Crippen molar-refractivity contribution >= 4 is 33.8 Å². The van der Waals surface area contributed by atoms with Crippen LogP contribution in [0.1, 0.15) is 25.0 Å². The van der Waals surface area contributed by atoms with E-state index in [0.717, 1.165) is 15.6 Å². The van der Waals surface area contributed by atoms with Crippen LogP contribution in [0.15, 0.2) is 28.7 Å². The fraction of sp³-hybridized carbons (Fsp3) is 0.231. The Bertz CT molecular complexity index is 464. The van der Waals surface area contributed by atoms with Crippen molar-refractivity contribution in [2.24, 2.45) is 0 Å². The van der Waals surface area contributed by atoms with Gasteiger partial charge in [-0.2, -0.15) is 0 Å². The normalized spacial score (nSPS) is 10.5. The van der Waals surface area contributed by atoms with E-state index in [1.54, 1.807) is 6.08 Å². The van der Waals surface area contributed by atoms with Crippen molar-refractivity contribution < 1.29 is 14.3 Å². The van der Waals surface area contributed by atoms with Crippen LogP contribution in [-0.4, -0.2) is 11.8 Å². The van der Waals surface area contributed by atoms with Gasteiger partial charge in [0.25, 0.3) is 0 Å². The molecule has 90 valence electrons. The first-order valence-electron chi connectivity index (χ1n) is 5.10. The molecule has 0 amide bonds. The quantitative estimate of drug-likeness (QED) is 0.633. The number of halogens is 1. The zero-order chi connectivity index (χ0) is 12.8. The number of carbonyl (C=O) groups is 2. The number of hydrogen-bond acceptors (Lipinski definition) is 3. The summed E-state index contributed by atoms with van der Waals surface area (Å²) in [7, 11) is 0. The van der Waals surface area contributed by atoms with Crippen molar-refractivity contribution in [2.45, 2.75) is 20.5 Å². The third-order valence-electron chi connectivity index (χ3n) is 2.04. The minimum atomic E-state index is -0.318. The Kier molecular flexibility index (Phi) is 5.10. The summed E-state index contributed by atoms with van der Waals surface area (Å²) in [4.78, 5) is 21.6. The minimum absolute atomic E-state index is 0.0118. The second-order valence-electron chi connectivity index (χ2n) is 3.54. The SMILES string of the molecule is CC(=O)C=Cc1cccc(COC(C)=O)c1Br. The maximum Gasteiger partial charge on any atom is 0.302 e. The molecule has 0 unspecified atom stereocenters. The van der Waals surface area contributed by atoms with E-state index in [1.807, 2.05) is 18.2 Å². The molecular formula is C13H13BrO3. The van der Waals surface area contributed by atoms with E-state index in [-0.39, 0.29) is 18.4 Å². The predicted octanol–water partition coefficient (Wildman–Crippen LogP) is 3.11. The number of hydrogen-bond donors (Lipinski definition) is 0. The first-order valence-corrected chi connectivity index (χ1v) is 5.89. The van der Waals surface area contributed by atoms with Gasteiger partial charge >= 0.3 is 5.97 Å². The topological polar surface area (TPSA) is 43.4 Å². The molecule has 0 aromatic heterocycles. The van der Waals surface area contributed by atoms with E-state index in [4.69, 9.17) is 4.74 Å². The predicted molar refractivity (Wildman–Crippen MR) is 69.3 cm³/mol. The van der Waals surface area contributed by atoms with Gasteiger partial charge in [-0.1, -0.05) is 24.3 Å². The van der Waals surface area contributed by atoms with Gasteiger partial charge < -0.3 is 4.74 Å². The fourth-order valence-electron chi connectivity index (χ4n) is 1.23. The molecule has 0 saturated carbocycles. The molecule has 4 heteroatoms. The summed E-state index contributed by atoms with van der Waals surface area (Å²) in [6.07, 6.45) is 3.22. The Morgan fingerprint density at radius 3 is 2.65 bits per heavy atom. The Morgan fingerprint density at radius 1 is 1.35 bits per heavy atom. The molecule has 1 aromatic rings. The molecule has 0 fully saturated rings. The Labute approximate surface area is 109 Å². The van der Waals surface area contributed by atoms with Gasteiger partial charge in [0.15, 0.2) is 5.78 Å². The average molecular weight is 297 g/mol. The molecule has 17 heavy (non-hydrogen) atoms. The Hall–Kier alpha value is -1.42. The van der Waals surface area contributed by atoms with Crippen LogP contribution in [0, 0.1) is 0 Å². The second kappa shape index (κ2) is 6.35. The highest BCUT2D eigenvalue weighted by Crippen LogP contribution is 2.23. The molecule has 0 radical (unpaired) electrons. The molecule has 3 nitrogen and oxygen atoms in total. The van der Waals surface area contributed by atoms with Gasteiger partial charge in [0.1, 0.15) is 6.61 Å². The summed E-state index contributed by atoms with van der Waals surface area (Å²) in [5, 5.41) is 0. The zero-order valence-corrected chi connectivity index (χ0v) is 11.3. The number of rotatable bonds is 4. The van der Waals surface area contributed by atoms with Crippen LogP contribution in [0.3, 0.4) is 0 Å². The Morgan fingerprint density at radius 2 is 2.06 bits per heavy atom. The van der Waals surface area contributed by atoms with E-state index < -0.39 is 0 Å². The molecule has 1 aromatic carbocycles. The minimum Gasteiger partial charge on any atom is -0.461 e. The molecule has 0 heterocycles. The van der Waals surface area contributed by atoms with Crippen LogP contribution >= 0.6 is 15.9 Å². The first kappa shape index (κ1) is 13.6. The van der Waals surface area contributed by atoms with Crippen LogP contribution in [-0.2, 0) is 20.9 Å². The lowest BCUT2D eigenvalue weighted by Crippen LogP contribution is -2.00. The highest BCUT2D eigenvalue weighted by Gasteiger charge is 2.05. The maximum absolute atomic E-state index is 10.9. The molecule has 0 saturated heterocycles. The third-order valence-corrected chi connectivity index (χ3v) is 3.00. The average Bonchev–Trinajstić information content (AvgIpc) is 2.25. The van der Waals surface area contributed by atoms with E-state index >= 15 is 0 Å². The van der Waals surface area contributed by atoms with Crippen molar-refractivity contribution in [3.05, 3.63) is 39.9 Å². The lowest BCUT2D eigenvalue weighted by Gasteiger charge is -2.07. The standard InChI is InChI=1S/C13H13BrO3/c1-9(15)6-7-11-4-3-5-12(13(11)14)8-17-10(2)16/h3-7H,8H2,1-2H3. The maximum atomic E-state index is 10.9. The monoisotopic (exact) mass is 296 g/mol. The van der Waals surface area contributed by atoms with E-state index in [0.29, 0.717) is 0 Å². The molecule has 0 aliphatic rings. The van der Waals surface area contributed by atoms with E-state index in [9.17, 15) is 9.59 Å². The van der Waals surface area contributed by atoms with Crippen molar-refractivity contribution in [1.82, 2.24) is 0 Å². The molecule has 0 aliphatic carbocycles. The molecular weight excluding hydrogens is 284 g/mol. The largest absolute Gasteiger partial charge is 0.461 e. The number of esters is 1. The smallest absolute Gasteiger partial charge is 0.302 e. The van der Waals surface area contributed by atoms with Crippen LogP contribution in [0.2, 0.25) is 0 Å². The number of benzene rings is 1. The van der Waals surface area contributed by atoms with E-state index in [1.165, 1.54) is 19.9 Å². The number of allylic oxidation sites excluding steroid dienone is 1. The molecule has 0 N–H and O–H groups in total. The summed E-state index contributed by atoms with van der Waals surface area (Å²) >= 11 is 3.43. The molecule has 0 spiro atoms. The van der Waals surface area contributed by atoms with Crippen molar-refractivity contribution in [3.63, 3.8) is 0 Å². The summed E-state index contributed by atoms with van der Waals surface area (Å²) in [5.41, 5.74) is 1.75. The zero-order valence-electron chi connectivity index (χ0n) is 9.70. The molecule has 0 atom stereocenters. The highest BCUT2D eigenvalue weighted by molar-refractivity contribution is 9.10. The number of carbonyl (C=O) groups excluding carboxylic acids is 2. The Balaban J connectivity index is 2.90. The molecule has 0 bridgehead atoms. The van der Waals surface area contributed by atoms with Crippen molar-refractivity contribution in [3.8, 4) is 0 Å². The summed E-state index contributed by atoms with van der Waals surface area (Å²) in [5.74, 6) is -0.330. The van der Waals surface area contributed by atoms with Gasteiger partial charge in [0.2, 0.25) is 0 Å². The highest BCUT2D eigenvalue weighted by atomic mass is 79.9. The van der Waals surface area contributed by atoms with Gasteiger partial charge in [0, 0.05) is 17.0 Å². The summed E-state index contributed by atoms with van der Waals surface area (Å²) in [6.45, 7) is 3.08. The summed E-state index contributed by atoms with van der Waals surface area (Å²) < 4.78 is 5.76. The van der Waals surface area contributed by atoms with Gasteiger partial charge in [0.05, 0.1) is 0 Å². The van der Waals surface area contributed by atoms with Crippen molar-refractivity contribution in [1.29, 1.82) is 0 Å². The van der Waals surface area contributed by atoms with Crippen LogP contribution < -0.4 is 0 Å². The lowest BCUT2D eigenvalue weighted by molar-refractivity contribution is -0.142. The third kappa shape index (κ3) is 4.53. The number of ketones is 1. The van der Waals surface area contributed by atoms with Gasteiger partial charge in [-0.15, -0.1) is 0 Å². The van der Waals surface area contributed by atoms with Crippen LogP contribution in [0.5, 0.6) is 0 Å². The van der Waals surface area contributed by atoms with Gasteiger partial charge in [-0.25, -0.2) is 0 Å². The van der Waals surface area contributed by atoms with Gasteiger partial charge in [-0.3, -0.25) is 9.59 Å². The van der Waals surface area contributed by atoms with Crippen LogP contribution in [0.4, 0.5) is 0 Å². The molecule has 1 rings (SSSR count).